The van der Waals surface area contributed by atoms with Gasteiger partial charge in [0.25, 0.3) is 5.91 Å². The van der Waals surface area contributed by atoms with Crippen LogP contribution in [-0.4, -0.2) is 25.6 Å². The predicted molar refractivity (Wildman–Crippen MR) is 97.1 cm³/mol. The smallest absolute Gasteiger partial charge is 0.259 e. The normalized spacial score (nSPS) is 11.6. The maximum Gasteiger partial charge on any atom is 0.259 e. The first-order valence-corrected chi connectivity index (χ1v) is 10.1. The molecule has 0 aliphatic heterocycles. The Morgan fingerprint density at radius 3 is 2.62 bits per heavy atom. The highest BCUT2D eigenvalue weighted by atomic mass is 35.5. The molecular formula is C15H10Cl2N2O3S2. The molecule has 0 unspecified atom stereocenters. The second-order valence-electron chi connectivity index (χ2n) is 5.00. The van der Waals surface area contributed by atoms with Gasteiger partial charge >= 0.3 is 0 Å². The zero-order chi connectivity index (χ0) is 17.5. The van der Waals surface area contributed by atoms with E-state index >= 15 is 0 Å². The van der Waals surface area contributed by atoms with E-state index in [2.05, 4.69) is 10.3 Å². The van der Waals surface area contributed by atoms with Crippen molar-refractivity contribution in [2.75, 3.05) is 11.6 Å². The van der Waals surface area contributed by atoms with Crippen LogP contribution < -0.4 is 5.32 Å². The minimum Gasteiger partial charge on any atom is -0.298 e. The quantitative estimate of drug-likeness (QED) is 0.712. The zero-order valence-electron chi connectivity index (χ0n) is 12.2. The van der Waals surface area contributed by atoms with Crippen molar-refractivity contribution in [3.63, 3.8) is 0 Å². The Hall–Kier alpha value is -1.67. The summed E-state index contributed by atoms with van der Waals surface area (Å²) < 4.78 is 24.1. The molecule has 0 spiro atoms. The lowest BCUT2D eigenvalue weighted by Gasteiger charge is -2.06. The van der Waals surface area contributed by atoms with E-state index in [0.717, 1.165) is 11.0 Å². The minimum absolute atomic E-state index is 0.0214. The third-order valence-corrected chi connectivity index (χ3v) is 5.79. The second kappa shape index (κ2) is 6.33. The van der Waals surface area contributed by atoms with Gasteiger partial charge in [-0.2, -0.15) is 0 Å². The number of benzene rings is 2. The molecule has 124 valence electrons. The molecule has 5 nitrogen and oxygen atoms in total. The van der Waals surface area contributed by atoms with Gasteiger partial charge in [-0.05, 0) is 36.4 Å². The summed E-state index contributed by atoms with van der Waals surface area (Å²) in [7, 11) is -3.44. The highest BCUT2D eigenvalue weighted by Gasteiger charge is 2.17. The lowest BCUT2D eigenvalue weighted by atomic mass is 10.2. The van der Waals surface area contributed by atoms with Crippen LogP contribution in [0.25, 0.3) is 10.2 Å². The van der Waals surface area contributed by atoms with Crippen molar-refractivity contribution in [1.82, 2.24) is 4.98 Å². The number of aromatic nitrogens is 1. The number of carbonyl (C=O) groups excluding carboxylic acids is 1. The van der Waals surface area contributed by atoms with E-state index < -0.39 is 15.7 Å². The van der Waals surface area contributed by atoms with Gasteiger partial charge in [0.05, 0.1) is 25.7 Å². The fourth-order valence-corrected chi connectivity index (χ4v) is 4.01. The molecule has 1 N–H and O–H groups in total. The molecule has 0 saturated carbocycles. The summed E-state index contributed by atoms with van der Waals surface area (Å²) in [5.41, 5.74) is 0.771. The summed E-state index contributed by atoms with van der Waals surface area (Å²) in [6.07, 6.45) is 1.06. The van der Waals surface area contributed by atoms with Gasteiger partial charge in [-0.15, -0.1) is 0 Å². The molecule has 2 aromatic carbocycles. The molecular weight excluding hydrogens is 391 g/mol. The first kappa shape index (κ1) is 17.2. The summed E-state index contributed by atoms with van der Waals surface area (Å²) in [5, 5.41) is 3.74. The molecule has 24 heavy (non-hydrogen) atoms. The second-order valence-corrected chi connectivity index (χ2v) is 8.89. The minimum atomic E-state index is -3.44. The number of hydrogen-bond donors (Lipinski definition) is 1. The third-order valence-electron chi connectivity index (χ3n) is 3.18. The molecule has 0 saturated heterocycles. The number of sulfone groups is 1. The van der Waals surface area contributed by atoms with Gasteiger partial charge in [0.15, 0.2) is 15.0 Å². The average molecular weight is 401 g/mol. The van der Waals surface area contributed by atoms with Gasteiger partial charge in [-0.25, -0.2) is 13.4 Å². The highest BCUT2D eigenvalue weighted by molar-refractivity contribution is 7.90. The predicted octanol–water partition coefficient (Wildman–Crippen LogP) is 4.26. The molecule has 0 atom stereocenters. The van der Waals surface area contributed by atoms with Gasteiger partial charge in [0, 0.05) is 11.3 Å². The van der Waals surface area contributed by atoms with Crippen molar-refractivity contribution in [2.45, 2.75) is 4.90 Å². The van der Waals surface area contributed by atoms with E-state index in [4.69, 9.17) is 23.2 Å². The van der Waals surface area contributed by atoms with Crippen molar-refractivity contribution in [3.05, 3.63) is 52.0 Å². The first-order valence-electron chi connectivity index (χ1n) is 6.61. The van der Waals surface area contributed by atoms with Crippen LogP contribution in [-0.2, 0) is 9.84 Å². The Morgan fingerprint density at radius 1 is 1.17 bits per heavy atom. The number of amides is 1. The summed E-state index contributed by atoms with van der Waals surface area (Å²) >= 11 is 13.2. The molecule has 0 radical (unpaired) electrons. The maximum atomic E-state index is 12.4. The lowest BCUT2D eigenvalue weighted by molar-refractivity contribution is 0.102. The van der Waals surface area contributed by atoms with Gasteiger partial charge in [0.1, 0.15) is 0 Å². The summed E-state index contributed by atoms with van der Waals surface area (Å²) in [6.45, 7) is 0. The molecule has 1 amide bonds. The lowest BCUT2D eigenvalue weighted by Crippen LogP contribution is -2.13. The van der Waals surface area contributed by atoms with Gasteiger partial charge in [0.2, 0.25) is 0 Å². The topological polar surface area (TPSA) is 76.1 Å². The molecule has 0 fully saturated rings. The maximum absolute atomic E-state index is 12.4. The number of hydrogen-bond acceptors (Lipinski definition) is 5. The van der Waals surface area contributed by atoms with Crippen LogP contribution in [0.4, 0.5) is 5.13 Å². The van der Waals surface area contributed by atoms with E-state index in [0.29, 0.717) is 15.7 Å². The molecule has 9 heteroatoms. The highest BCUT2D eigenvalue weighted by Crippen LogP contribution is 2.29. The Morgan fingerprint density at radius 2 is 1.92 bits per heavy atom. The average Bonchev–Trinajstić information content (AvgIpc) is 2.87. The number of nitrogens with one attached hydrogen (secondary N) is 1. The molecule has 1 aromatic heterocycles. The molecule has 0 aliphatic carbocycles. The third kappa shape index (κ3) is 3.54. The Bertz CT molecular complexity index is 1060. The van der Waals surface area contributed by atoms with Crippen LogP contribution in [0.5, 0.6) is 0 Å². The Kier molecular flexibility index (Phi) is 4.52. The first-order chi connectivity index (χ1) is 11.2. The van der Waals surface area contributed by atoms with E-state index in [1.165, 1.54) is 29.5 Å². The Labute approximate surface area is 152 Å². The molecule has 0 bridgehead atoms. The summed E-state index contributed by atoms with van der Waals surface area (Å²) in [6, 6.07) is 9.19. The monoisotopic (exact) mass is 400 g/mol. The van der Waals surface area contributed by atoms with Crippen LogP contribution in [0.15, 0.2) is 41.3 Å². The van der Waals surface area contributed by atoms with Crippen LogP contribution in [0.1, 0.15) is 10.4 Å². The number of nitrogens with zero attached hydrogens (tertiary/aromatic N) is 1. The van der Waals surface area contributed by atoms with Gasteiger partial charge < -0.3 is 0 Å². The summed E-state index contributed by atoms with van der Waals surface area (Å²) in [5.74, 6) is -0.532. The molecule has 1 heterocycles. The molecule has 0 aliphatic rings. The SMILES string of the molecule is CS(=O)(=O)c1ccc(Cl)c(C(=O)Nc2nc3ccc(Cl)cc3s2)c1. The van der Waals surface area contributed by atoms with Crippen molar-refractivity contribution in [2.24, 2.45) is 0 Å². The molecule has 3 rings (SSSR count). The number of fused-ring (bicyclic) bond motifs is 1. The van der Waals surface area contributed by atoms with E-state index in [1.807, 2.05) is 0 Å². The fraction of sp³-hybridized carbons (Fsp3) is 0.0667. The standard InChI is InChI=1S/C15H10Cl2N2O3S2/c1-24(21,22)9-3-4-11(17)10(7-9)14(20)19-15-18-12-5-2-8(16)6-13(12)23-15/h2-7H,1H3,(H,18,19,20). The molecule has 3 aromatic rings. The number of anilines is 1. The fourth-order valence-electron chi connectivity index (χ4n) is 2.03. The number of rotatable bonds is 3. The van der Waals surface area contributed by atoms with Crippen LogP contribution in [0.3, 0.4) is 0 Å². The number of thiazole rings is 1. The number of halogens is 2. The van der Waals surface area contributed by atoms with Crippen LogP contribution in [0.2, 0.25) is 10.0 Å². The zero-order valence-corrected chi connectivity index (χ0v) is 15.4. The van der Waals surface area contributed by atoms with E-state index in [9.17, 15) is 13.2 Å². The van der Waals surface area contributed by atoms with Crippen LogP contribution >= 0.6 is 34.5 Å². The van der Waals surface area contributed by atoms with Crippen molar-refractivity contribution in [1.29, 1.82) is 0 Å². The van der Waals surface area contributed by atoms with E-state index in [-0.39, 0.29) is 15.5 Å². The van der Waals surface area contributed by atoms with Crippen molar-refractivity contribution >= 4 is 65.6 Å². The van der Waals surface area contributed by atoms with Crippen LogP contribution in [0, 0.1) is 0 Å². The van der Waals surface area contributed by atoms with Crippen molar-refractivity contribution in [3.8, 4) is 0 Å². The van der Waals surface area contributed by atoms with Gasteiger partial charge in [-0.1, -0.05) is 34.5 Å². The number of carbonyl (C=O) groups is 1. The summed E-state index contributed by atoms with van der Waals surface area (Å²) in [4.78, 5) is 16.7. The van der Waals surface area contributed by atoms with Gasteiger partial charge in [-0.3, -0.25) is 10.1 Å². The largest absolute Gasteiger partial charge is 0.298 e. The Balaban J connectivity index is 1.94. The van der Waals surface area contributed by atoms with E-state index in [1.54, 1.807) is 18.2 Å². The van der Waals surface area contributed by atoms with Crippen molar-refractivity contribution < 1.29 is 13.2 Å².